The van der Waals surface area contributed by atoms with Crippen molar-refractivity contribution in [3.8, 4) is 0 Å². The van der Waals surface area contributed by atoms with Crippen molar-refractivity contribution in [2.75, 3.05) is 13.6 Å². The number of aromatic nitrogens is 2. The number of carbonyl (C=O) groups excluding carboxylic acids is 1. The molecule has 1 aromatic rings. The van der Waals surface area contributed by atoms with Gasteiger partial charge in [-0.2, -0.15) is 0 Å². The van der Waals surface area contributed by atoms with Crippen molar-refractivity contribution in [3.05, 3.63) is 17.7 Å². The van der Waals surface area contributed by atoms with E-state index in [4.69, 9.17) is 0 Å². The number of imidazole rings is 1. The molecule has 4 heteroatoms. The Morgan fingerprint density at radius 3 is 3.08 bits per heavy atom. The van der Waals surface area contributed by atoms with E-state index in [-0.39, 0.29) is 5.91 Å². The largest absolute Gasteiger partial charge is 0.300 e. The molecule has 13 heavy (non-hydrogen) atoms. The average Bonchev–Trinajstić information content (AvgIpc) is 2.46. The van der Waals surface area contributed by atoms with Gasteiger partial charge in [-0.25, -0.2) is 4.98 Å². The van der Waals surface area contributed by atoms with Crippen molar-refractivity contribution >= 4 is 5.91 Å². The summed E-state index contributed by atoms with van der Waals surface area (Å²) in [5.41, 5.74) is 2.13. The van der Waals surface area contributed by atoms with Crippen molar-refractivity contribution in [1.82, 2.24) is 14.5 Å². The highest BCUT2D eigenvalue weighted by Gasteiger charge is 2.19. The van der Waals surface area contributed by atoms with E-state index >= 15 is 0 Å². The SMILES string of the molecule is CC(=O)n1cnc2c1CN(C)CC2. The topological polar surface area (TPSA) is 38.1 Å². The lowest BCUT2D eigenvalue weighted by Gasteiger charge is -2.22. The molecule has 4 nitrogen and oxygen atoms in total. The second-order valence-corrected chi connectivity index (χ2v) is 3.51. The second-order valence-electron chi connectivity index (χ2n) is 3.51. The van der Waals surface area contributed by atoms with Gasteiger partial charge in [-0.3, -0.25) is 9.36 Å². The first-order valence-electron chi connectivity index (χ1n) is 4.43. The predicted octanol–water partition coefficient (Wildman–Crippen LogP) is 0.531. The van der Waals surface area contributed by atoms with Gasteiger partial charge in [0.1, 0.15) is 6.33 Å². The summed E-state index contributed by atoms with van der Waals surface area (Å²) >= 11 is 0. The van der Waals surface area contributed by atoms with Crippen LogP contribution in [-0.4, -0.2) is 34.0 Å². The van der Waals surface area contributed by atoms with E-state index in [0.29, 0.717) is 0 Å². The van der Waals surface area contributed by atoms with Gasteiger partial charge in [-0.1, -0.05) is 0 Å². The maximum atomic E-state index is 11.2. The summed E-state index contributed by atoms with van der Waals surface area (Å²) in [7, 11) is 2.06. The zero-order valence-electron chi connectivity index (χ0n) is 7.95. The number of nitrogens with zero attached hydrogens (tertiary/aromatic N) is 3. The van der Waals surface area contributed by atoms with E-state index in [0.717, 1.165) is 30.9 Å². The minimum atomic E-state index is 0.0454. The lowest BCUT2D eigenvalue weighted by Crippen LogP contribution is -2.28. The van der Waals surface area contributed by atoms with Crippen LogP contribution in [0.1, 0.15) is 23.1 Å². The summed E-state index contributed by atoms with van der Waals surface area (Å²) in [4.78, 5) is 17.6. The van der Waals surface area contributed by atoms with Crippen LogP contribution in [0.4, 0.5) is 0 Å². The monoisotopic (exact) mass is 179 g/mol. The Morgan fingerprint density at radius 1 is 1.62 bits per heavy atom. The summed E-state index contributed by atoms with van der Waals surface area (Å²) in [6, 6.07) is 0. The lowest BCUT2D eigenvalue weighted by molar-refractivity contribution is 0.0929. The molecule has 1 aliphatic heterocycles. The highest BCUT2D eigenvalue weighted by atomic mass is 16.1. The number of hydrogen-bond acceptors (Lipinski definition) is 3. The summed E-state index contributed by atoms with van der Waals surface area (Å²) in [5, 5.41) is 0. The molecule has 70 valence electrons. The van der Waals surface area contributed by atoms with E-state index in [2.05, 4.69) is 16.9 Å². The van der Waals surface area contributed by atoms with Gasteiger partial charge in [-0.15, -0.1) is 0 Å². The molecule has 0 radical (unpaired) electrons. The molecule has 0 spiro atoms. The molecule has 0 fully saturated rings. The van der Waals surface area contributed by atoms with Crippen LogP contribution >= 0.6 is 0 Å². The Bertz CT molecular complexity index is 343. The molecule has 2 rings (SSSR count). The third-order valence-electron chi connectivity index (χ3n) is 2.44. The molecule has 0 atom stereocenters. The minimum Gasteiger partial charge on any atom is -0.300 e. The highest BCUT2D eigenvalue weighted by molar-refractivity contribution is 5.77. The van der Waals surface area contributed by atoms with Crippen molar-refractivity contribution in [2.24, 2.45) is 0 Å². The van der Waals surface area contributed by atoms with E-state index in [1.54, 1.807) is 17.8 Å². The average molecular weight is 179 g/mol. The second kappa shape index (κ2) is 2.96. The summed E-state index contributed by atoms with van der Waals surface area (Å²) in [6.45, 7) is 3.42. The normalized spacial score (nSPS) is 17.1. The van der Waals surface area contributed by atoms with Crippen LogP contribution in [0, 0.1) is 0 Å². The van der Waals surface area contributed by atoms with Gasteiger partial charge in [-0.05, 0) is 7.05 Å². The maximum Gasteiger partial charge on any atom is 0.228 e. The van der Waals surface area contributed by atoms with Crippen LogP contribution in [0.5, 0.6) is 0 Å². The molecule has 0 unspecified atom stereocenters. The molecular formula is C9H13N3O. The number of carbonyl (C=O) groups is 1. The molecular weight excluding hydrogens is 166 g/mol. The number of rotatable bonds is 0. The predicted molar refractivity (Wildman–Crippen MR) is 48.6 cm³/mol. The molecule has 2 heterocycles. The number of likely N-dealkylation sites (N-methyl/N-ethyl adjacent to an activating group) is 1. The van der Waals surface area contributed by atoms with Crippen LogP contribution in [-0.2, 0) is 13.0 Å². The first kappa shape index (κ1) is 8.44. The third kappa shape index (κ3) is 1.37. The molecule has 0 aliphatic carbocycles. The molecule has 1 aliphatic rings. The fourth-order valence-electron chi connectivity index (χ4n) is 1.69. The molecule has 0 bridgehead atoms. The first-order valence-corrected chi connectivity index (χ1v) is 4.43. The van der Waals surface area contributed by atoms with Crippen LogP contribution < -0.4 is 0 Å². The van der Waals surface area contributed by atoms with Gasteiger partial charge in [0, 0.05) is 26.4 Å². The molecule has 1 aromatic heterocycles. The Morgan fingerprint density at radius 2 is 2.38 bits per heavy atom. The van der Waals surface area contributed by atoms with Gasteiger partial charge < -0.3 is 4.90 Å². The summed E-state index contributed by atoms with van der Waals surface area (Å²) in [5.74, 6) is 0.0454. The Hall–Kier alpha value is -1.16. The summed E-state index contributed by atoms with van der Waals surface area (Å²) in [6.07, 6.45) is 2.58. The third-order valence-corrected chi connectivity index (χ3v) is 2.44. The molecule has 0 saturated heterocycles. The van der Waals surface area contributed by atoms with Gasteiger partial charge in [0.2, 0.25) is 5.91 Å². The van der Waals surface area contributed by atoms with Crippen LogP contribution in [0.3, 0.4) is 0 Å². The zero-order valence-corrected chi connectivity index (χ0v) is 7.95. The standard InChI is InChI=1S/C9H13N3O/c1-7(13)12-6-10-8-3-4-11(2)5-9(8)12/h6H,3-5H2,1-2H3. The van der Waals surface area contributed by atoms with E-state index in [1.165, 1.54) is 0 Å². The highest BCUT2D eigenvalue weighted by Crippen LogP contribution is 2.16. The van der Waals surface area contributed by atoms with Crippen molar-refractivity contribution in [2.45, 2.75) is 19.9 Å². The molecule has 0 N–H and O–H groups in total. The fraction of sp³-hybridized carbons (Fsp3) is 0.556. The Balaban J connectivity index is 2.41. The number of fused-ring (bicyclic) bond motifs is 1. The van der Waals surface area contributed by atoms with Gasteiger partial charge in [0.15, 0.2) is 0 Å². The maximum absolute atomic E-state index is 11.2. The smallest absolute Gasteiger partial charge is 0.228 e. The van der Waals surface area contributed by atoms with Gasteiger partial charge in [0.25, 0.3) is 0 Å². The quantitative estimate of drug-likeness (QED) is 0.583. The van der Waals surface area contributed by atoms with Crippen LogP contribution in [0.2, 0.25) is 0 Å². The summed E-state index contributed by atoms with van der Waals surface area (Å²) < 4.78 is 1.64. The zero-order chi connectivity index (χ0) is 9.42. The van der Waals surface area contributed by atoms with Gasteiger partial charge in [0.05, 0.1) is 11.4 Å². The minimum absolute atomic E-state index is 0.0454. The first-order chi connectivity index (χ1) is 6.18. The van der Waals surface area contributed by atoms with Crippen LogP contribution in [0.25, 0.3) is 0 Å². The van der Waals surface area contributed by atoms with Crippen molar-refractivity contribution in [1.29, 1.82) is 0 Å². The van der Waals surface area contributed by atoms with Crippen molar-refractivity contribution < 1.29 is 4.79 Å². The van der Waals surface area contributed by atoms with E-state index < -0.39 is 0 Å². The van der Waals surface area contributed by atoms with Gasteiger partial charge >= 0.3 is 0 Å². The molecule has 0 amide bonds. The molecule has 0 saturated carbocycles. The number of hydrogen-bond donors (Lipinski definition) is 0. The van der Waals surface area contributed by atoms with Crippen molar-refractivity contribution in [3.63, 3.8) is 0 Å². The molecule has 0 aromatic carbocycles. The van der Waals surface area contributed by atoms with E-state index in [1.807, 2.05) is 0 Å². The lowest BCUT2D eigenvalue weighted by atomic mass is 10.1. The Labute approximate surface area is 77.2 Å². The Kier molecular flexibility index (Phi) is 1.92. The van der Waals surface area contributed by atoms with E-state index in [9.17, 15) is 4.79 Å². The fourth-order valence-corrected chi connectivity index (χ4v) is 1.69. The van der Waals surface area contributed by atoms with Crippen LogP contribution in [0.15, 0.2) is 6.33 Å².